The number of aldehydes is 1. The van der Waals surface area contributed by atoms with E-state index in [0.29, 0.717) is 40.4 Å². The van der Waals surface area contributed by atoms with Gasteiger partial charge in [-0.3, -0.25) is 14.3 Å². The molecule has 0 amide bonds. The third-order valence-corrected chi connectivity index (χ3v) is 7.94. The molecule has 1 atom stereocenters. The number of hydrogen-bond acceptors (Lipinski definition) is 5. The summed E-state index contributed by atoms with van der Waals surface area (Å²) < 4.78 is 33.4. The van der Waals surface area contributed by atoms with Crippen LogP contribution in [0.25, 0.3) is 28.0 Å². The first-order valence-corrected chi connectivity index (χ1v) is 14.3. The molecule has 37 heavy (non-hydrogen) atoms. The van der Waals surface area contributed by atoms with Crippen molar-refractivity contribution in [2.24, 2.45) is 0 Å². The number of halogens is 3. The number of fused-ring (bicyclic) bond motifs is 1. The van der Waals surface area contributed by atoms with Crippen LogP contribution < -0.4 is 10.0 Å². The Morgan fingerprint density at radius 1 is 1.14 bits per heavy atom. The largest absolute Gasteiger partial charge is 0.433 e. The van der Waals surface area contributed by atoms with Crippen molar-refractivity contribution in [2.45, 2.75) is 26.0 Å². The molecule has 0 aliphatic carbocycles. The second kappa shape index (κ2) is 11.2. The van der Waals surface area contributed by atoms with Gasteiger partial charge >= 0.3 is 6.61 Å². The Labute approximate surface area is 221 Å². The third-order valence-electron chi connectivity index (χ3n) is 6.19. The number of aromatic nitrogens is 3. The lowest BCUT2D eigenvalue weighted by Crippen LogP contribution is -2.23. The van der Waals surface area contributed by atoms with Gasteiger partial charge in [0.25, 0.3) is 0 Å². The summed E-state index contributed by atoms with van der Waals surface area (Å²) in [6, 6.07) is 13.9. The van der Waals surface area contributed by atoms with Gasteiger partial charge in [0.1, 0.15) is 16.7 Å². The van der Waals surface area contributed by atoms with Crippen molar-refractivity contribution in [2.75, 3.05) is 27.4 Å². The van der Waals surface area contributed by atoms with Gasteiger partial charge in [-0.05, 0) is 70.2 Å². The van der Waals surface area contributed by atoms with Gasteiger partial charge in [0, 0.05) is 16.4 Å². The molecule has 0 saturated heterocycles. The molecule has 1 unspecified atom stereocenters. The van der Waals surface area contributed by atoms with E-state index in [2.05, 4.69) is 18.3 Å². The maximum absolute atomic E-state index is 13.4. The van der Waals surface area contributed by atoms with Gasteiger partial charge in [-0.25, -0.2) is 9.97 Å². The Morgan fingerprint density at radius 3 is 2.49 bits per heavy atom. The standard InChI is InChI=1S/C27H28ClF2N4O2P/c1-6-20(33(2)3)26-32-19-11-10-16(18-12-13-23(37(4)5)25(28)31-18)14-21(19)34(26)24-17(15-35)8-7-9-22(24)36-27(29)30/h7-15,20,27H,6H2,1-5H3. The molecule has 2 aromatic heterocycles. The number of carbonyl (C=O) groups excluding carboxylic acids is 1. The Morgan fingerprint density at radius 2 is 1.89 bits per heavy atom. The Bertz CT molecular complexity index is 1440. The minimum Gasteiger partial charge on any atom is -0.433 e. The monoisotopic (exact) mass is 544 g/mol. The number of pyridine rings is 1. The van der Waals surface area contributed by atoms with Gasteiger partial charge in [0.05, 0.1) is 22.8 Å². The van der Waals surface area contributed by atoms with Crippen molar-refractivity contribution in [1.82, 2.24) is 19.4 Å². The van der Waals surface area contributed by atoms with Crippen LogP contribution in [0.5, 0.6) is 5.75 Å². The fourth-order valence-corrected chi connectivity index (χ4v) is 5.93. The molecule has 10 heteroatoms. The van der Waals surface area contributed by atoms with Crippen LogP contribution in [0, 0.1) is 0 Å². The average molecular weight is 545 g/mol. The van der Waals surface area contributed by atoms with E-state index >= 15 is 0 Å². The van der Waals surface area contributed by atoms with Crippen molar-refractivity contribution >= 4 is 42.1 Å². The van der Waals surface area contributed by atoms with Crippen LogP contribution in [0.2, 0.25) is 5.15 Å². The normalized spacial score (nSPS) is 12.6. The van der Waals surface area contributed by atoms with Gasteiger partial charge in [-0.2, -0.15) is 8.78 Å². The number of carbonyl (C=O) groups is 1. The quantitative estimate of drug-likeness (QED) is 0.136. The SMILES string of the molecule is CCC(c1nc2ccc(-c3ccc(P(C)C)c(Cl)n3)cc2n1-c1c(C=O)cccc1OC(F)F)N(C)C. The molecule has 2 heterocycles. The minimum atomic E-state index is -3.06. The van der Waals surface area contributed by atoms with Crippen LogP contribution in [0.1, 0.15) is 35.6 Å². The summed E-state index contributed by atoms with van der Waals surface area (Å²) in [7, 11) is 3.44. The maximum Gasteiger partial charge on any atom is 0.387 e. The second-order valence-corrected chi connectivity index (χ2v) is 11.6. The number of nitrogens with zero attached hydrogens (tertiary/aromatic N) is 4. The zero-order valence-electron chi connectivity index (χ0n) is 21.2. The molecule has 4 rings (SSSR count). The summed E-state index contributed by atoms with van der Waals surface area (Å²) in [4.78, 5) is 23.6. The lowest BCUT2D eigenvalue weighted by atomic mass is 10.1. The zero-order valence-corrected chi connectivity index (χ0v) is 22.9. The topological polar surface area (TPSA) is 60.3 Å². The summed E-state index contributed by atoms with van der Waals surface area (Å²) in [5.74, 6) is 0.501. The number of ether oxygens (including phenoxy) is 1. The van der Waals surface area contributed by atoms with E-state index in [0.717, 1.165) is 10.9 Å². The molecule has 0 saturated carbocycles. The summed E-state index contributed by atoms with van der Waals surface area (Å²) in [6.07, 6.45) is 1.34. The first-order valence-electron chi connectivity index (χ1n) is 11.7. The maximum atomic E-state index is 13.4. The molecule has 0 spiro atoms. The van der Waals surface area contributed by atoms with Crippen molar-refractivity contribution in [3.05, 3.63) is 65.1 Å². The van der Waals surface area contributed by atoms with Crippen LogP contribution in [-0.4, -0.2) is 59.8 Å². The Balaban J connectivity index is 2.04. The molecule has 0 bridgehead atoms. The second-order valence-electron chi connectivity index (χ2n) is 8.99. The van der Waals surface area contributed by atoms with Gasteiger partial charge in [-0.1, -0.05) is 38.6 Å². The number of hydrogen-bond donors (Lipinski definition) is 0. The summed E-state index contributed by atoms with van der Waals surface area (Å²) in [6.45, 7) is 3.19. The van der Waals surface area contributed by atoms with Crippen molar-refractivity contribution in [1.29, 1.82) is 0 Å². The number of para-hydroxylation sites is 1. The van der Waals surface area contributed by atoms with Gasteiger partial charge in [0.2, 0.25) is 0 Å². The number of rotatable bonds is 9. The predicted molar refractivity (Wildman–Crippen MR) is 146 cm³/mol. The lowest BCUT2D eigenvalue weighted by molar-refractivity contribution is -0.0498. The summed E-state index contributed by atoms with van der Waals surface area (Å²) >= 11 is 6.48. The van der Waals surface area contributed by atoms with E-state index in [1.54, 1.807) is 10.6 Å². The van der Waals surface area contributed by atoms with E-state index in [9.17, 15) is 13.6 Å². The number of alkyl halides is 2. The molecule has 0 aliphatic rings. The van der Waals surface area contributed by atoms with Crippen LogP contribution >= 0.6 is 19.5 Å². The van der Waals surface area contributed by atoms with Crippen LogP contribution in [0.4, 0.5) is 8.78 Å². The molecule has 6 nitrogen and oxygen atoms in total. The highest BCUT2D eigenvalue weighted by Crippen LogP contribution is 2.37. The number of imidazole rings is 1. The molecular formula is C27H28ClF2N4O2P. The molecule has 0 N–H and O–H groups in total. The minimum absolute atomic E-state index is 0.107. The van der Waals surface area contributed by atoms with Gasteiger partial charge in [-0.15, -0.1) is 0 Å². The highest BCUT2D eigenvalue weighted by molar-refractivity contribution is 7.64. The molecule has 0 fully saturated rings. The summed E-state index contributed by atoms with van der Waals surface area (Å²) in [5.41, 5.74) is 3.17. The van der Waals surface area contributed by atoms with E-state index in [4.69, 9.17) is 21.3 Å². The first-order chi connectivity index (χ1) is 17.7. The molecule has 0 aliphatic heterocycles. The van der Waals surface area contributed by atoms with E-state index in [1.807, 2.05) is 56.3 Å². The first kappa shape index (κ1) is 27.1. The summed E-state index contributed by atoms with van der Waals surface area (Å²) in [5, 5.41) is 1.47. The Kier molecular flexibility index (Phi) is 8.22. The predicted octanol–water partition coefficient (Wildman–Crippen LogP) is 6.53. The van der Waals surface area contributed by atoms with Crippen LogP contribution in [0.15, 0.2) is 48.5 Å². The zero-order chi connectivity index (χ0) is 26.9. The van der Waals surface area contributed by atoms with Gasteiger partial charge in [0.15, 0.2) is 12.0 Å². The fraction of sp³-hybridized carbons (Fsp3) is 0.296. The van der Waals surface area contributed by atoms with E-state index < -0.39 is 14.5 Å². The lowest BCUT2D eigenvalue weighted by Gasteiger charge is -2.25. The van der Waals surface area contributed by atoms with Crippen molar-refractivity contribution in [3.63, 3.8) is 0 Å². The molecule has 2 aromatic carbocycles. The molecule has 4 aromatic rings. The molecule has 194 valence electrons. The van der Waals surface area contributed by atoms with Crippen molar-refractivity contribution in [3.8, 4) is 22.7 Å². The average Bonchev–Trinajstić information content (AvgIpc) is 3.21. The smallest absolute Gasteiger partial charge is 0.387 e. The Hall–Kier alpha value is -2.93. The van der Waals surface area contributed by atoms with E-state index in [-0.39, 0.29) is 23.0 Å². The molecule has 0 radical (unpaired) electrons. The fourth-order valence-electron chi connectivity index (χ4n) is 4.48. The van der Waals surface area contributed by atoms with Crippen LogP contribution in [0.3, 0.4) is 0 Å². The van der Waals surface area contributed by atoms with E-state index in [1.165, 1.54) is 12.1 Å². The highest BCUT2D eigenvalue weighted by atomic mass is 35.5. The van der Waals surface area contributed by atoms with Crippen LogP contribution in [-0.2, 0) is 0 Å². The van der Waals surface area contributed by atoms with Gasteiger partial charge < -0.3 is 4.74 Å². The number of benzene rings is 2. The third kappa shape index (κ3) is 5.37. The van der Waals surface area contributed by atoms with Crippen molar-refractivity contribution < 1.29 is 18.3 Å². The molecular weight excluding hydrogens is 517 g/mol. The highest BCUT2D eigenvalue weighted by Gasteiger charge is 2.26.